The van der Waals surface area contributed by atoms with Crippen LogP contribution in [0.25, 0.3) is 0 Å². The van der Waals surface area contributed by atoms with Gasteiger partial charge in [-0.3, -0.25) is 4.79 Å². The molecule has 126 valence electrons. The summed E-state index contributed by atoms with van der Waals surface area (Å²) in [7, 11) is 1.35. The fourth-order valence-corrected chi connectivity index (χ4v) is 3.45. The summed E-state index contributed by atoms with van der Waals surface area (Å²) in [6.45, 7) is -2.94. The quantitative estimate of drug-likeness (QED) is 0.872. The summed E-state index contributed by atoms with van der Waals surface area (Å²) in [6.07, 6.45) is 4.16. The SMILES string of the molecule is COc1cc(C(=O)NC2CC3CCC(C2)N3)ccc1OC(F)F. The van der Waals surface area contributed by atoms with Gasteiger partial charge in [0.25, 0.3) is 5.91 Å². The number of methoxy groups -OCH3 is 1. The van der Waals surface area contributed by atoms with E-state index in [0.29, 0.717) is 17.6 Å². The van der Waals surface area contributed by atoms with Crippen molar-refractivity contribution in [3.8, 4) is 11.5 Å². The Bertz CT molecular complexity index is 570. The molecule has 0 aliphatic carbocycles. The minimum absolute atomic E-state index is 0.0843. The monoisotopic (exact) mass is 326 g/mol. The van der Waals surface area contributed by atoms with Crippen LogP contribution in [0.15, 0.2) is 18.2 Å². The molecule has 23 heavy (non-hydrogen) atoms. The van der Waals surface area contributed by atoms with Crippen LogP contribution in [0.4, 0.5) is 8.78 Å². The molecule has 1 aromatic carbocycles. The second kappa shape index (κ2) is 6.70. The Kier molecular flexibility index (Phi) is 4.66. The first-order valence-electron chi connectivity index (χ1n) is 7.75. The fraction of sp³-hybridized carbons (Fsp3) is 0.562. The summed E-state index contributed by atoms with van der Waals surface area (Å²) < 4.78 is 34.0. The average Bonchev–Trinajstić information content (AvgIpc) is 2.85. The number of fused-ring (bicyclic) bond motifs is 2. The molecule has 2 bridgehead atoms. The van der Waals surface area contributed by atoms with E-state index in [1.807, 2.05) is 0 Å². The number of carbonyl (C=O) groups excluding carboxylic acids is 1. The number of benzene rings is 1. The lowest BCUT2D eigenvalue weighted by Crippen LogP contribution is -2.48. The van der Waals surface area contributed by atoms with E-state index in [-0.39, 0.29) is 23.4 Å². The van der Waals surface area contributed by atoms with Gasteiger partial charge >= 0.3 is 6.61 Å². The highest BCUT2D eigenvalue weighted by atomic mass is 19.3. The molecule has 7 heteroatoms. The molecule has 0 radical (unpaired) electrons. The number of rotatable bonds is 5. The lowest BCUT2D eigenvalue weighted by atomic mass is 9.99. The van der Waals surface area contributed by atoms with E-state index in [1.54, 1.807) is 0 Å². The van der Waals surface area contributed by atoms with Crippen LogP contribution in [0.2, 0.25) is 0 Å². The number of carbonyl (C=O) groups is 1. The first kappa shape index (κ1) is 16.0. The van der Waals surface area contributed by atoms with E-state index < -0.39 is 6.61 Å². The molecular formula is C16H20F2N2O3. The van der Waals surface area contributed by atoms with E-state index >= 15 is 0 Å². The largest absolute Gasteiger partial charge is 0.493 e. The Balaban J connectivity index is 1.67. The van der Waals surface area contributed by atoms with Gasteiger partial charge in [0.15, 0.2) is 11.5 Å². The zero-order chi connectivity index (χ0) is 16.4. The zero-order valence-electron chi connectivity index (χ0n) is 12.9. The van der Waals surface area contributed by atoms with Crippen molar-refractivity contribution in [2.24, 2.45) is 0 Å². The van der Waals surface area contributed by atoms with Crippen molar-refractivity contribution in [3.05, 3.63) is 23.8 Å². The van der Waals surface area contributed by atoms with Crippen molar-refractivity contribution in [2.45, 2.75) is 50.4 Å². The predicted molar refractivity (Wildman–Crippen MR) is 80.1 cm³/mol. The maximum atomic E-state index is 12.4. The third kappa shape index (κ3) is 3.72. The van der Waals surface area contributed by atoms with Gasteiger partial charge in [-0.2, -0.15) is 8.78 Å². The highest BCUT2D eigenvalue weighted by molar-refractivity contribution is 5.95. The summed E-state index contributed by atoms with van der Waals surface area (Å²) in [4.78, 5) is 12.4. The molecule has 1 aromatic rings. The molecule has 2 aliphatic rings. The van der Waals surface area contributed by atoms with Gasteiger partial charge in [0, 0.05) is 23.7 Å². The van der Waals surface area contributed by atoms with Gasteiger partial charge in [0.1, 0.15) is 0 Å². The van der Waals surface area contributed by atoms with E-state index in [2.05, 4.69) is 15.4 Å². The third-order valence-electron chi connectivity index (χ3n) is 4.45. The van der Waals surface area contributed by atoms with Gasteiger partial charge in [0.2, 0.25) is 0 Å². The highest BCUT2D eigenvalue weighted by Gasteiger charge is 2.34. The number of halogens is 2. The Morgan fingerprint density at radius 1 is 1.26 bits per heavy atom. The molecule has 3 rings (SSSR count). The molecule has 1 amide bonds. The van der Waals surface area contributed by atoms with Gasteiger partial charge in [0.05, 0.1) is 7.11 Å². The van der Waals surface area contributed by atoms with Crippen molar-refractivity contribution in [3.63, 3.8) is 0 Å². The second-order valence-corrected chi connectivity index (χ2v) is 6.02. The zero-order valence-corrected chi connectivity index (χ0v) is 12.9. The van der Waals surface area contributed by atoms with Crippen LogP contribution in [-0.2, 0) is 0 Å². The van der Waals surface area contributed by atoms with Crippen molar-refractivity contribution >= 4 is 5.91 Å². The van der Waals surface area contributed by atoms with Crippen LogP contribution in [0, 0.1) is 0 Å². The molecule has 0 spiro atoms. The van der Waals surface area contributed by atoms with Gasteiger partial charge in [-0.05, 0) is 43.9 Å². The molecule has 0 saturated carbocycles. The molecule has 0 aromatic heterocycles. The number of amides is 1. The van der Waals surface area contributed by atoms with E-state index in [4.69, 9.17) is 4.74 Å². The molecule has 5 nitrogen and oxygen atoms in total. The first-order chi connectivity index (χ1) is 11.0. The van der Waals surface area contributed by atoms with E-state index in [0.717, 1.165) is 25.7 Å². The van der Waals surface area contributed by atoms with Gasteiger partial charge < -0.3 is 20.1 Å². The Labute approximate surface area is 133 Å². The van der Waals surface area contributed by atoms with Crippen LogP contribution in [0.1, 0.15) is 36.0 Å². The molecule has 2 saturated heterocycles. The normalized spacial score (nSPS) is 26.2. The number of alkyl halides is 2. The van der Waals surface area contributed by atoms with Gasteiger partial charge in [-0.1, -0.05) is 0 Å². The number of hydrogen-bond acceptors (Lipinski definition) is 4. The van der Waals surface area contributed by atoms with Crippen molar-refractivity contribution in [1.82, 2.24) is 10.6 Å². The minimum atomic E-state index is -2.94. The van der Waals surface area contributed by atoms with Crippen LogP contribution in [0.3, 0.4) is 0 Å². The molecule has 2 heterocycles. The van der Waals surface area contributed by atoms with Crippen LogP contribution >= 0.6 is 0 Å². The van der Waals surface area contributed by atoms with Gasteiger partial charge in [-0.15, -0.1) is 0 Å². The van der Waals surface area contributed by atoms with Crippen LogP contribution in [0.5, 0.6) is 11.5 Å². The maximum absolute atomic E-state index is 12.4. The standard InChI is InChI=1S/C16H20F2N2O3/c1-22-14-6-9(2-5-13(14)23-16(17)18)15(21)20-12-7-10-3-4-11(8-12)19-10/h2,5-6,10-12,16,19H,3-4,7-8H2,1H3,(H,20,21). The Morgan fingerprint density at radius 2 is 1.96 bits per heavy atom. The van der Waals surface area contributed by atoms with Crippen LogP contribution in [-0.4, -0.2) is 37.8 Å². The van der Waals surface area contributed by atoms with Crippen molar-refractivity contribution < 1.29 is 23.0 Å². The molecular weight excluding hydrogens is 306 g/mol. The average molecular weight is 326 g/mol. The molecule has 2 unspecified atom stereocenters. The summed E-state index contributed by atoms with van der Waals surface area (Å²) in [5.74, 6) is -0.194. The Hall–Kier alpha value is -1.89. The molecule has 2 aliphatic heterocycles. The highest BCUT2D eigenvalue weighted by Crippen LogP contribution is 2.30. The third-order valence-corrected chi connectivity index (χ3v) is 4.45. The smallest absolute Gasteiger partial charge is 0.387 e. The van der Waals surface area contributed by atoms with Crippen molar-refractivity contribution in [1.29, 1.82) is 0 Å². The molecule has 2 N–H and O–H groups in total. The van der Waals surface area contributed by atoms with E-state index in [9.17, 15) is 13.6 Å². The topological polar surface area (TPSA) is 59.6 Å². The lowest BCUT2D eigenvalue weighted by molar-refractivity contribution is -0.0512. The number of ether oxygens (including phenoxy) is 2. The second-order valence-electron chi connectivity index (χ2n) is 6.02. The maximum Gasteiger partial charge on any atom is 0.387 e. The summed E-state index contributed by atoms with van der Waals surface area (Å²) in [5, 5.41) is 6.54. The van der Waals surface area contributed by atoms with Crippen LogP contribution < -0.4 is 20.1 Å². The molecule has 2 atom stereocenters. The summed E-state index contributed by atoms with van der Waals surface area (Å²) in [5.41, 5.74) is 0.370. The lowest BCUT2D eigenvalue weighted by Gasteiger charge is -2.29. The Morgan fingerprint density at radius 3 is 2.57 bits per heavy atom. The minimum Gasteiger partial charge on any atom is -0.493 e. The summed E-state index contributed by atoms with van der Waals surface area (Å²) in [6, 6.07) is 5.31. The van der Waals surface area contributed by atoms with Gasteiger partial charge in [-0.25, -0.2) is 0 Å². The van der Waals surface area contributed by atoms with Crippen molar-refractivity contribution in [2.75, 3.05) is 7.11 Å². The summed E-state index contributed by atoms with van der Waals surface area (Å²) >= 11 is 0. The number of hydrogen-bond donors (Lipinski definition) is 2. The predicted octanol–water partition coefficient (Wildman–Crippen LogP) is 2.31. The first-order valence-corrected chi connectivity index (χ1v) is 7.75. The number of piperidine rings is 1. The fourth-order valence-electron chi connectivity index (χ4n) is 3.45. The van der Waals surface area contributed by atoms with E-state index in [1.165, 1.54) is 25.3 Å². The number of nitrogens with one attached hydrogen (secondary N) is 2. The molecule has 2 fully saturated rings.